The highest BCUT2D eigenvalue weighted by atomic mass is 16.6. The third-order valence-electron chi connectivity index (χ3n) is 3.74. The fraction of sp³-hybridized carbons (Fsp3) is 0.375. The van der Waals surface area contributed by atoms with Gasteiger partial charge in [-0.25, -0.2) is 4.79 Å². The minimum Gasteiger partial charge on any atom is -0.492 e. The van der Waals surface area contributed by atoms with Crippen molar-refractivity contribution in [3.8, 4) is 22.8 Å². The molecule has 1 saturated heterocycles. The predicted molar refractivity (Wildman–Crippen MR) is 82.0 cm³/mol. The van der Waals surface area contributed by atoms with Gasteiger partial charge in [-0.1, -0.05) is 6.07 Å². The van der Waals surface area contributed by atoms with Crippen LogP contribution in [-0.4, -0.2) is 47.3 Å². The third-order valence-corrected chi connectivity index (χ3v) is 3.74. The zero-order chi connectivity index (χ0) is 16.4. The molecule has 2 aromatic rings. The van der Waals surface area contributed by atoms with Gasteiger partial charge in [-0.3, -0.25) is 4.68 Å². The molecule has 0 aliphatic carbocycles. The average Bonchev–Trinajstić information content (AvgIpc) is 3.16. The van der Waals surface area contributed by atoms with Gasteiger partial charge in [-0.05, 0) is 18.2 Å². The smallest absolute Gasteiger partial charge is 0.356 e. The third kappa shape index (κ3) is 3.00. The van der Waals surface area contributed by atoms with E-state index in [0.717, 1.165) is 12.0 Å². The van der Waals surface area contributed by atoms with Crippen molar-refractivity contribution in [1.29, 1.82) is 0 Å². The molecule has 23 heavy (non-hydrogen) atoms. The van der Waals surface area contributed by atoms with E-state index >= 15 is 0 Å². The summed E-state index contributed by atoms with van der Waals surface area (Å²) in [4.78, 5) is 11.1. The SMILES string of the molecule is COc1c(OC2CCOC2)cccc1-c1cc(C(=O)O)nn1C. The number of carboxylic acids is 1. The molecule has 1 unspecified atom stereocenters. The summed E-state index contributed by atoms with van der Waals surface area (Å²) in [5, 5.41) is 13.1. The Balaban J connectivity index is 2.00. The number of rotatable bonds is 5. The maximum Gasteiger partial charge on any atom is 0.356 e. The van der Waals surface area contributed by atoms with Gasteiger partial charge in [-0.2, -0.15) is 5.10 Å². The molecule has 1 fully saturated rings. The second-order valence-corrected chi connectivity index (χ2v) is 5.28. The minimum absolute atomic E-state index is 0.000248. The lowest BCUT2D eigenvalue weighted by atomic mass is 10.1. The van der Waals surface area contributed by atoms with E-state index in [1.807, 2.05) is 18.2 Å². The largest absolute Gasteiger partial charge is 0.492 e. The van der Waals surface area contributed by atoms with Crippen LogP contribution in [-0.2, 0) is 11.8 Å². The Kier molecular flexibility index (Phi) is 4.20. The molecule has 0 spiro atoms. The maximum atomic E-state index is 11.1. The van der Waals surface area contributed by atoms with Crippen LogP contribution in [0.3, 0.4) is 0 Å². The number of carboxylic acid groups (broad SMARTS) is 1. The van der Waals surface area contributed by atoms with Crippen molar-refractivity contribution in [3.63, 3.8) is 0 Å². The number of methoxy groups -OCH3 is 1. The van der Waals surface area contributed by atoms with E-state index in [9.17, 15) is 4.79 Å². The number of nitrogens with zero attached hydrogens (tertiary/aromatic N) is 2. The van der Waals surface area contributed by atoms with Crippen LogP contribution in [0.1, 0.15) is 16.9 Å². The van der Waals surface area contributed by atoms with Crippen molar-refractivity contribution in [2.75, 3.05) is 20.3 Å². The summed E-state index contributed by atoms with van der Waals surface area (Å²) < 4.78 is 18.3. The standard InChI is InChI=1S/C16H18N2O5/c1-18-13(8-12(17-18)16(19)20)11-4-3-5-14(15(11)21-2)23-10-6-7-22-9-10/h3-5,8,10H,6-7,9H2,1-2H3,(H,19,20). The van der Waals surface area contributed by atoms with E-state index in [-0.39, 0.29) is 11.8 Å². The number of aromatic carboxylic acids is 1. The molecule has 122 valence electrons. The van der Waals surface area contributed by atoms with Gasteiger partial charge in [-0.15, -0.1) is 0 Å². The molecule has 0 amide bonds. The van der Waals surface area contributed by atoms with Gasteiger partial charge in [0.1, 0.15) is 6.10 Å². The van der Waals surface area contributed by atoms with E-state index < -0.39 is 5.97 Å². The molecule has 2 heterocycles. The van der Waals surface area contributed by atoms with Crippen LogP contribution in [0.4, 0.5) is 0 Å². The van der Waals surface area contributed by atoms with Gasteiger partial charge in [0.25, 0.3) is 0 Å². The summed E-state index contributed by atoms with van der Waals surface area (Å²) in [6.45, 7) is 1.25. The lowest BCUT2D eigenvalue weighted by Crippen LogP contribution is -2.16. The summed E-state index contributed by atoms with van der Waals surface area (Å²) in [6.07, 6.45) is 0.836. The van der Waals surface area contributed by atoms with E-state index in [0.29, 0.717) is 30.4 Å². The van der Waals surface area contributed by atoms with Crippen LogP contribution in [0.25, 0.3) is 11.3 Å². The lowest BCUT2D eigenvalue weighted by Gasteiger charge is -2.17. The molecule has 1 aliphatic heterocycles. The molecule has 0 radical (unpaired) electrons. The number of para-hydroxylation sites is 1. The zero-order valence-corrected chi connectivity index (χ0v) is 13.0. The van der Waals surface area contributed by atoms with Crippen molar-refractivity contribution in [2.24, 2.45) is 7.05 Å². The fourth-order valence-electron chi connectivity index (χ4n) is 2.63. The summed E-state index contributed by atoms with van der Waals surface area (Å²) in [7, 11) is 3.25. The first-order chi connectivity index (χ1) is 11.1. The van der Waals surface area contributed by atoms with Crippen LogP contribution in [0.15, 0.2) is 24.3 Å². The van der Waals surface area contributed by atoms with E-state index in [1.54, 1.807) is 14.2 Å². The second-order valence-electron chi connectivity index (χ2n) is 5.28. The molecule has 0 saturated carbocycles. The molecule has 1 atom stereocenters. The highest BCUT2D eigenvalue weighted by Gasteiger charge is 2.22. The molecular weight excluding hydrogens is 300 g/mol. The van der Waals surface area contributed by atoms with Crippen LogP contribution in [0, 0.1) is 0 Å². The number of hydrogen-bond donors (Lipinski definition) is 1. The van der Waals surface area contributed by atoms with Crippen molar-refractivity contribution in [2.45, 2.75) is 12.5 Å². The van der Waals surface area contributed by atoms with E-state index in [2.05, 4.69) is 5.10 Å². The van der Waals surface area contributed by atoms with Crippen LogP contribution < -0.4 is 9.47 Å². The topological polar surface area (TPSA) is 82.8 Å². The highest BCUT2D eigenvalue weighted by Crippen LogP contribution is 2.39. The summed E-state index contributed by atoms with van der Waals surface area (Å²) in [6, 6.07) is 7.04. The molecule has 1 aromatic carbocycles. The monoisotopic (exact) mass is 318 g/mol. The van der Waals surface area contributed by atoms with E-state index in [4.69, 9.17) is 19.3 Å². The number of carbonyl (C=O) groups is 1. The molecule has 0 bridgehead atoms. The summed E-state index contributed by atoms with van der Waals surface area (Å²) >= 11 is 0. The highest BCUT2D eigenvalue weighted by molar-refractivity contribution is 5.87. The number of benzene rings is 1. The predicted octanol–water partition coefficient (Wildman–Crippen LogP) is 1.96. The van der Waals surface area contributed by atoms with Gasteiger partial charge in [0.2, 0.25) is 0 Å². The van der Waals surface area contributed by atoms with Gasteiger partial charge in [0, 0.05) is 19.0 Å². The van der Waals surface area contributed by atoms with Gasteiger partial charge in [0.15, 0.2) is 17.2 Å². The molecular formula is C16H18N2O5. The Bertz CT molecular complexity index is 719. The first-order valence-corrected chi connectivity index (χ1v) is 7.29. The van der Waals surface area contributed by atoms with Crippen LogP contribution in [0.5, 0.6) is 11.5 Å². The Morgan fingerprint density at radius 2 is 2.30 bits per heavy atom. The molecule has 1 aliphatic rings. The van der Waals surface area contributed by atoms with Crippen molar-refractivity contribution in [3.05, 3.63) is 30.0 Å². The van der Waals surface area contributed by atoms with Crippen LogP contribution >= 0.6 is 0 Å². The molecule has 1 N–H and O–H groups in total. The first-order valence-electron chi connectivity index (χ1n) is 7.29. The molecule has 7 heteroatoms. The van der Waals surface area contributed by atoms with Crippen LogP contribution in [0.2, 0.25) is 0 Å². The molecule has 3 rings (SSSR count). The Morgan fingerprint density at radius 1 is 1.48 bits per heavy atom. The van der Waals surface area contributed by atoms with Crippen molar-refractivity contribution >= 4 is 5.97 Å². The number of aromatic nitrogens is 2. The zero-order valence-electron chi connectivity index (χ0n) is 13.0. The Hall–Kier alpha value is -2.54. The van der Waals surface area contributed by atoms with E-state index in [1.165, 1.54) is 10.7 Å². The van der Waals surface area contributed by atoms with Gasteiger partial charge >= 0.3 is 5.97 Å². The number of ether oxygens (including phenoxy) is 3. The Morgan fingerprint density at radius 3 is 2.91 bits per heavy atom. The average molecular weight is 318 g/mol. The minimum atomic E-state index is -1.07. The number of aryl methyl sites for hydroxylation is 1. The quantitative estimate of drug-likeness (QED) is 0.907. The van der Waals surface area contributed by atoms with Gasteiger partial charge in [0.05, 0.1) is 26.0 Å². The second kappa shape index (κ2) is 6.29. The molecule has 7 nitrogen and oxygen atoms in total. The van der Waals surface area contributed by atoms with Crippen molar-refractivity contribution in [1.82, 2.24) is 9.78 Å². The Labute approximate surface area is 133 Å². The summed E-state index contributed by atoms with van der Waals surface area (Å²) in [5.41, 5.74) is 1.36. The lowest BCUT2D eigenvalue weighted by molar-refractivity contribution is 0.0689. The van der Waals surface area contributed by atoms with Gasteiger partial charge < -0.3 is 19.3 Å². The van der Waals surface area contributed by atoms with Crippen molar-refractivity contribution < 1.29 is 24.1 Å². The normalized spacial score (nSPS) is 17.2. The maximum absolute atomic E-state index is 11.1. The first kappa shape index (κ1) is 15.4. The fourth-order valence-corrected chi connectivity index (χ4v) is 2.63. The molecule has 1 aromatic heterocycles. The summed E-state index contributed by atoms with van der Waals surface area (Å²) in [5.74, 6) is 0.0965. The number of hydrogen-bond acceptors (Lipinski definition) is 5.